The van der Waals surface area contributed by atoms with Gasteiger partial charge >= 0.3 is 0 Å². The summed E-state index contributed by atoms with van der Waals surface area (Å²) in [4.78, 5) is 10.5. The Kier molecular flexibility index (Phi) is 3.35. The molecule has 0 bridgehead atoms. The Hall–Kier alpha value is -0.810. The van der Waals surface area contributed by atoms with E-state index in [0.717, 1.165) is 12.8 Å². The third-order valence-corrected chi connectivity index (χ3v) is 3.50. The Labute approximate surface area is 106 Å². The summed E-state index contributed by atoms with van der Waals surface area (Å²) >= 11 is 9.35. The van der Waals surface area contributed by atoms with Crippen LogP contribution in [0.2, 0.25) is 5.02 Å². The molecule has 0 atom stereocenters. The second-order valence-electron chi connectivity index (χ2n) is 3.68. The van der Waals surface area contributed by atoms with Crippen LogP contribution in [0.1, 0.15) is 12.8 Å². The number of rotatable bonds is 3. The van der Waals surface area contributed by atoms with Crippen LogP contribution >= 0.6 is 27.5 Å². The summed E-state index contributed by atoms with van der Waals surface area (Å²) in [6.07, 6.45) is 2.03. The van der Waals surface area contributed by atoms with Crippen LogP contribution in [0.25, 0.3) is 0 Å². The first-order valence-corrected chi connectivity index (χ1v) is 6.10. The van der Waals surface area contributed by atoms with E-state index < -0.39 is 4.92 Å². The van der Waals surface area contributed by atoms with Gasteiger partial charge in [0.05, 0.1) is 9.95 Å². The van der Waals surface area contributed by atoms with Gasteiger partial charge in [0.1, 0.15) is 11.9 Å². The molecule has 0 spiro atoms. The van der Waals surface area contributed by atoms with Crippen LogP contribution in [0, 0.1) is 10.1 Å². The number of nitrogens with zero attached hydrogens (tertiary/aromatic N) is 1. The van der Waals surface area contributed by atoms with Gasteiger partial charge in [-0.15, -0.1) is 0 Å². The number of hydrogen-bond donors (Lipinski definition) is 0. The Morgan fingerprint density at radius 3 is 2.69 bits per heavy atom. The summed E-state index contributed by atoms with van der Waals surface area (Å²) in [6, 6.07) is 4.24. The molecular weight excluding hydrogens is 297 g/mol. The third-order valence-electron chi connectivity index (χ3n) is 2.46. The lowest BCUT2D eigenvalue weighted by Crippen LogP contribution is -2.34. The molecule has 0 radical (unpaired) electrons. The Balaban J connectivity index is 2.07. The van der Waals surface area contributed by atoms with E-state index in [1.807, 2.05) is 0 Å². The minimum absolute atomic E-state index is 0.0238. The lowest BCUT2D eigenvalue weighted by atomic mass is 9.96. The van der Waals surface area contributed by atoms with Crippen molar-refractivity contribution in [3.05, 3.63) is 33.3 Å². The van der Waals surface area contributed by atoms with Crippen LogP contribution in [0.15, 0.2) is 18.2 Å². The van der Waals surface area contributed by atoms with E-state index in [4.69, 9.17) is 16.3 Å². The summed E-state index contributed by atoms with van der Waals surface area (Å²) in [5.74, 6) is 0.511. The smallest absolute Gasteiger partial charge is 0.271 e. The van der Waals surface area contributed by atoms with E-state index >= 15 is 0 Å². The Bertz CT molecular complexity index is 421. The number of hydrogen-bond acceptors (Lipinski definition) is 3. The number of halogens is 2. The van der Waals surface area contributed by atoms with Gasteiger partial charge in [-0.2, -0.15) is 0 Å². The van der Waals surface area contributed by atoms with Crippen molar-refractivity contribution in [2.24, 2.45) is 0 Å². The van der Waals surface area contributed by atoms with Gasteiger partial charge in [0.2, 0.25) is 0 Å². The highest BCUT2D eigenvalue weighted by atomic mass is 79.9. The van der Waals surface area contributed by atoms with Crippen LogP contribution in [-0.2, 0) is 0 Å². The van der Waals surface area contributed by atoms with Crippen molar-refractivity contribution < 1.29 is 9.66 Å². The predicted octanol–water partition coefficient (Wildman–Crippen LogP) is 3.55. The monoisotopic (exact) mass is 305 g/mol. The molecule has 16 heavy (non-hydrogen) atoms. The quantitative estimate of drug-likeness (QED) is 0.487. The highest BCUT2D eigenvalue weighted by Gasteiger charge is 2.29. The van der Waals surface area contributed by atoms with Crippen molar-refractivity contribution in [1.82, 2.24) is 0 Å². The summed E-state index contributed by atoms with van der Waals surface area (Å²) in [6.45, 7) is 0. The largest absolute Gasteiger partial charge is 0.489 e. The van der Waals surface area contributed by atoms with Crippen LogP contribution in [0.4, 0.5) is 5.69 Å². The lowest BCUT2D eigenvalue weighted by molar-refractivity contribution is -0.384. The summed E-state index contributed by atoms with van der Waals surface area (Å²) in [5, 5.41) is 10.8. The van der Waals surface area contributed by atoms with Crippen molar-refractivity contribution in [3.63, 3.8) is 0 Å². The molecule has 0 heterocycles. The van der Waals surface area contributed by atoms with E-state index in [2.05, 4.69) is 15.9 Å². The highest BCUT2D eigenvalue weighted by Crippen LogP contribution is 2.35. The molecule has 0 aromatic heterocycles. The average molecular weight is 307 g/mol. The number of alkyl halides is 1. The molecule has 1 aromatic carbocycles. The van der Waals surface area contributed by atoms with Crippen molar-refractivity contribution in [2.75, 3.05) is 0 Å². The standard InChI is InChI=1S/C10H9BrClNO3/c11-6-3-8(4-6)16-10-2-1-7(13(14)15)5-9(10)12/h1-2,5-6,8H,3-4H2. The van der Waals surface area contributed by atoms with Crippen LogP contribution in [0.5, 0.6) is 5.75 Å². The minimum Gasteiger partial charge on any atom is -0.489 e. The molecule has 2 rings (SSSR count). The van der Waals surface area contributed by atoms with Gasteiger partial charge in [0, 0.05) is 17.0 Å². The first-order chi connectivity index (χ1) is 7.56. The zero-order valence-corrected chi connectivity index (χ0v) is 10.6. The lowest BCUT2D eigenvalue weighted by Gasteiger charge is -2.31. The number of ether oxygens (including phenoxy) is 1. The van der Waals surface area contributed by atoms with E-state index in [0.29, 0.717) is 10.6 Å². The fourth-order valence-electron chi connectivity index (χ4n) is 1.48. The Morgan fingerprint density at radius 1 is 1.50 bits per heavy atom. The maximum absolute atomic E-state index is 10.5. The molecule has 0 saturated heterocycles. The van der Waals surface area contributed by atoms with Gasteiger partial charge in [0.25, 0.3) is 5.69 Å². The normalized spacial score (nSPS) is 23.6. The zero-order chi connectivity index (χ0) is 11.7. The number of nitro benzene ring substituents is 1. The van der Waals surface area contributed by atoms with Crippen LogP contribution < -0.4 is 4.74 Å². The van der Waals surface area contributed by atoms with Crippen LogP contribution in [0.3, 0.4) is 0 Å². The topological polar surface area (TPSA) is 52.4 Å². The maximum Gasteiger partial charge on any atom is 0.271 e. The molecule has 0 amide bonds. The first-order valence-electron chi connectivity index (χ1n) is 4.81. The molecule has 0 unspecified atom stereocenters. The maximum atomic E-state index is 10.5. The summed E-state index contributed by atoms with van der Waals surface area (Å²) < 4.78 is 5.60. The molecule has 1 fully saturated rings. The van der Waals surface area contributed by atoms with E-state index in [-0.39, 0.29) is 16.8 Å². The summed E-state index contributed by atoms with van der Waals surface area (Å²) in [5.41, 5.74) is -0.0238. The average Bonchev–Trinajstić information content (AvgIpc) is 2.18. The fourth-order valence-corrected chi connectivity index (χ4v) is 2.53. The van der Waals surface area contributed by atoms with Gasteiger partial charge in [-0.1, -0.05) is 27.5 Å². The third kappa shape index (κ3) is 2.47. The molecule has 1 aliphatic rings. The number of nitro groups is 1. The molecule has 1 aromatic rings. The molecule has 0 aliphatic heterocycles. The summed E-state index contributed by atoms with van der Waals surface area (Å²) in [7, 11) is 0. The van der Waals surface area contributed by atoms with Gasteiger partial charge in [0.15, 0.2) is 0 Å². The SMILES string of the molecule is O=[N+]([O-])c1ccc(OC2CC(Br)C2)c(Cl)c1. The zero-order valence-electron chi connectivity index (χ0n) is 8.23. The number of non-ortho nitro benzene ring substituents is 1. The van der Waals surface area contributed by atoms with E-state index in [1.54, 1.807) is 6.07 Å². The fraction of sp³-hybridized carbons (Fsp3) is 0.400. The molecule has 86 valence electrons. The second-order valence-corrected chi connectivity index (χ2v) is 5.38. The van der Waals surface area contributed by atoms with Gasteiger partial charge < -0.3 is 4.74 Å². The van der Waals surface area contributed by atoms with Gasteiger partial charge in [-0.25, -0.2) is 0 Å². The second kappa shape index (κ2) is 4.59. The van der Waals surface area contributed by atoms with Crippen molar-refractivity contribution in [2.45, 2.75) is 23.8 Å². The molecule has 0 N–H and O–H groups in total. The van der Waals surface area contributed by atoms with Crippen LogP contribution in [-0.4, -0.2) is 15.9 Å². The molecule has 1 aliphatic carbocycles. The van der Waals surface area contributed by atoms with Crippen molar-refractivity contribution >= 4 is 33.2 Å². The minimum atomic E-state index is -0.479. The van der Waals surface area contributed by atoms with Gasteiger partial charge in [-0.05, 0) is 18.9 Å². The van der Waals surface area contributed by atoms with E-state index in [1.165, 1.54) is 12.1 Å². The van der Waals surface area contributed by atoms with Gasteiger partial charge in [-0.3, -0.25) is 10.1 Å². The molecule has 1 saturated carbocycles. The predicted molar refractivity (Wildman–Crippen MR) is 64.5 cm³/mol. The van der Waals surface area contributed by atoms with E-state index in [9.17, 15) is 10.1 Å². The van der Waals surface area contributed by atoms with Crippen molar-refractivity contribution in [3.8, 4) is 5.75 Å². The Morgan fingerprint density at radius 2 is 2.19 bits per heavy atom. The number of benzene rings is 1. The molecule has 6 heteroatoms. The highest BCUT2D eigenvalue weighted by molar-refractivity contribution is 9.09. The molecule has 4 nitrogen and oxygen atoms in total. The molecular formula is C10H9BrClNO3. The first kappa shape index (κ1) is 11.7. The van der Waals surface area contributed by atoms with Crippen molar-refractivity contribution in [1.29, 1.82) is 0 Å².